The second-order valence-electron chi connectivity index (χ2n) is 2.79. The van der Waals surface area contributed by atoms with Gasteiger partial charge in [-0.2, -0.15) is 0 Å². The fourth-order valence-electron chi connectivity index (χ4n) is 1.06. The molecule has 1 heterocycles. The molecule has 0 amide bonds. The first-order valence-corrected chi connectivity index (χ1v) is 4.69. The van der Waals surface area contributed by atoms with Crippen LogP contribution in [-0.4, -0.2) is 14.8 Å². The van der Waals surface area contributed by atoms with Gasteiger partial charge in [-0.3, -0.25) is 0 Å². The smallest absolute Gasteiger partial charge is 0.217 e. The third kappa shape index (κ3) is 1.78. The van der Waals surface area contributed by atoms with Gasteiger partial charge in [0.15, 0.2) is 0 Å². The van der Waals surface area contributed by atoms with Crippen molar-refractivity contribution in [1.82, 2.24) is 14.8 Å². The van der Waals surface area contributed by atoms with E-state index in [-0.39, 0.29) is 0 Å². The van der Waals surface area contributed by atoms with Crippen LogP contribution in [-0.2, 0) is 0 Å². The van der Waals surface area contributed by atoms with Gasteiger partial charge >= 0.3 is 0 Å². The summed E-state index contributed by atoms with van der Waals surface area (Å²) < 4.78 is 2.33. The number of aryl methyl sites for hydroxylation is 1. The Bertz CT molecular complexity index is 405. The van der Waals surface area contributed by atoms with Gasteiger partial charge in [0, 0.05) is 0 Å². The molecule has 0 saturated heterocycles. The minimum Gasteiger partial charge on any atom is -0.220 e. The van der Waals surface area contributed by atoms with Crippen LogP contribution in [0.3, 0.4) is 0 Å². The zero-order valence-corrected chi connectivity index (χ0v) is 8.69. The summed E-state index contributed by atoms with van der Waals surface area (Å²) >= 11 is 3.20. The Morgan fingerprint density at radius 3 is 2.46 bits per heavy atom. The molecule has 0 atom stereocenters. The number of benzene rings is 1. The number of aromatic nitrogens is 3. The molecule has 0 spiro atoms. The Morgan fingerprint density at radius 1 is 1.23 bits per heavy atom. The molecule has 0 aliphatic rings. The van der Waals surface area contributed by atoms with Crippen molar-refractivity contribution < 1.29 is 0 Å². The molecule has 1 aromatic heterocycles. The van der Waals surface area contributed by atoms with Crippen LogP contribution in [0, 0.1) is 6.92 Å². The standard InChI is InChI=1S/C9H8BrN3/c1-7-2-4-8(5-3-7)13-6-11-9(10)12-13/h2-6H,1H3. The molecule has 2 rings (SSSR count). The lowest BCUT2D eigenvalue weighted by atomic mass is 10.2. The van der Waals surface area contributed by atoms with Gasteiger partial charge in [-0.1, -0.05) is 17.7 Å². The number of hydrogen-bond acceptors (Lipinski definition) is 2. The summed E-state index contributed by atoms with van der Waals surface area (Å²) in [5, 5.41) is 4.13. The van der Waals surface area contributed by atoms with Gasteiger partial charge < -0.3 is 0 Å². The maximum Gasteiger partial charge on any atom is 0.217 e. The second-order valence-corrected chi connectivity index (χ2v) is 3.50. The highest BCUT2D eigenvalue weighted by Gasteiger charge is 1.98. The van der Waals surface area contributed by atoms with Gasteiger partial charge in [0.05, 0.1) is 5.69 Å². The van der Waals surface area contributed by atoms with E-state index in [1.165, 1.54) is 5.56 Å². The average Bonchev–Trinajstić information content (AvgIpc) is 2.53. The molecule has 0 aliphatic heterocycles. The van der Waals surface area contributed by atoms with Crippen LogP contribution in [0.15, 0.2) is 35.3 Å². The van der Waals surface area contributed by atoms with Crippen LogP contribution in [0.4, 0.5) is 0 Å². The van der Waals surface area contributed by atoms with Gasteiger partial charge in [-0.05, 0) is 35.0 Å². The van der Waals surface area contributed by atoms with Crippen LogP contribution in [0.25, 0.3) is 5.69 Å². The highest BCUT2D eigenvalue weighted by Crippen LogP contribution is 2.09. The van der Waals surface area contributed by atoms with Gasteiger partial charge in [0.1, 0.15) is 6.33 Å². The summed E-state index contributed by atoms with van der Waals surface area (Å²) in [5.74, 6) is 0. The highest BCUT2D eigenvalue weighted by molar-refractivity contribution is 9.10. The summed E-state index contributed by atoms with van der Waals surface area (Å²) in [6.07, 6.45) is 1.68. The van der Waals surface area contributed by atoms with Crippen LogP contribution >= 0.6 is 15.9 Å². The zero-order chi connectivity index (χ0) is 9.26. The van der Waals surface area contributed by atoms with E-state index < -0.39 is 0 Å². The van der Waals surface area contributed by atoms with Crippen molar-refractivity contribution in [2.45, 2.75) is 6.92 Å². The van der Waals surface area contributed by atoms with Crippen molar-refractivity contribution in [2.75, 3.05) is 0 Å². The van der Waals surface area contributed by atoms with E-state index >= 15 is 0 Å². The van der Waals surface area contributed by atoms with Crippen LogP contribution < -0.4 is 0 Å². The molecule has 2 aromatic rings. The average molecular weight is 238 g/mol. The first-order chi connectivity index (χ1) is 6.25. The summed E-state index contributed by atoms with van der Waals surface area (Å²) in [6.45, 7) is 2.06. The zero-order valence-electron chi connectivity index (χ0n) is 7.11. The second kappa shape index (κ2) is 3.30. The summed E-state index contributed by atoms with van der Waals surface area (Å²) in [4.78, 5) is 3.98. The van der Waals surface area contributed by atoms with Crippen molar-refractivity contribution >= 4 is 15.9 Å². The minimum absolute atomic E-state index is 0.605. The predicted octanol–water partition coefficient (Wildman–Crippen LogP) is 2.34. The SMILES string of the molecule is Cc1ccc(-n2cnc(Br)n2)cc1. The maximum absolute atomic E-state index is 4.13. The molecule has 13 heavy (non-hydrogen) atoms. The fraction of sp³-hybridized carbons (Fsp3) is 0.111. The topological polar surface area (TPSA) is 30.7 Å². The van der Waals surface area contributed by atoms with Gasteiger partial charge in [0.2, 0.25) is 4.73 Å². The van der Waals surface area contributed by atoms with Gasteiger partial charge in [0.25, 0.3) is 0 Å². The molecule has 66 valence electrons. The van der Waals surface area contributed by atoms with E-state index in [4.69, 9.17) is 0 Å². The third-order valence-corrected chi connectivity index (χ3v) is 2.13. The number of nitrogens with zero attached hydrogens (tertiary/aromatic N) is 3. The molecule has 0 aliphatic carbocycles. The Hall–Kier alpha value is -1.16. The van der Waals surface area contributed by atoms with Crippen molar-refractivity contribution in [2.24, 2.45) is 0 Å². The minimum atomic E-state index is 0.605. The van der Waals surface area contributed by atoms with E-state index in [9.17, 15) is 0 Å². The predicted molar refractivity (Wildman–Crippen MR) is 53.8 cm³/mol. The summed E-state index contributed by atoms with van der Waals surface area (Å²) in [5.41, 5.74) is 2.26. The molecule has 1 aromatic carbocycles. The van der Waals surface area contributed by atoms with Crippen molar-refractivity contribution in [3.63, 3.8) is 0 Å². The summed E-state index contributed by atoms with van der Waals surface area (Å²) in [7, 11) is 0. The molecule has 0 fully saturated rings. The maximum atomic E-state index is 4.13. The monoisotopic (exact) mass is 237 g/mol. The van der Waals surface area contributed by atoms with E-state index in [0.717, 1.165) is 5.69 Å². The van der Waals surface area contributed by atoms with Crippen LogP contribution in [0.1, 0.15) is 5.56 Å². The number of rotatable bonds is 1. The Morgan fingerprint density at radius 2 is 1.92 bits per heavy atom. The quantitative estimate of drug-likeness (QED) is 0.763. The lowest BCUT2D eigenvalue weighted by Gasteiger charge is -1.99. The third-order valence-electron chi connectivity index (χ3n) is 1.76. The first kappa shape index (κ1) is 8.44. The highest BCUT2D eigenvalue weighted by atomic mass is 79.9. The largest absolute Gasteiger partial charge is 0.220 e. The van der Waals surface area contributed by atoms with Crippen molar-refractivity contribution in [3.8, 4) is 5.69 Å². The van der Waals surface area contributed by atoms with Gasteiger partial charge in [-0.25, -0.2) is 9.67 Å². The Kier molecular flexibility index (Phi) is 2.14. The van der Waals surface area contributed by atoms with Crippen molar-refractivity contribution in [3.05, 3.63) is 40.9 Å². The Labute approximate surface area is 84.5 Å². The molecule has 0 N–H and O–H groups in total. The van der Waals surface area contributed by atoms with Crippen molar-refractivity contribution in [1.29, 1.82) is 0 Å². The molecule has 4 heteroatoms. The summed E-state index contributed by atoms with van der Waals surface area (Å²) in [6, 6.07) is 8.11. The van der Waals surface area contributed by atoms with Crippen LogP contribution in [0.5, 0.6) is 0 Å². The number of hydrogen-bond donors (Lipinski definition) is 0. The fourth-order valence-corrected chi connectivity index (χ4v) is 1.33. The molecular weight excluding hydrogens is 230 g/mol. The molecule has 0 radical (unpaired) electrons. The normalized spacial score (nSPS) is 10.3. The molecule has 0 saturated carbocycles. The van der Waals surface area contributed by atoms with Gasteiger partial charge in [-0.15, -0.1) is 5.10 Å². The van der Waals surface area contributed by atoms with E-state index in [2.05, 4.69) is 32.9 Å². The van der Waals surface area contributed by atoms with E-state index in [0.29, 0.717) is 4.73 Å². The lowest BCUT2D eigenvalue weighted by Crippen LogP contribution is -1.93. The molecular formula is C9H8BrN3. The molecule has 0 unspecified atom stereocenters. The Balaban J connectivity index is 2.41. The lowest BCUT2D eigenvalue weighted by molar-refractivity contribution is 0.869. The first-order valence-electron chi connectivity index (χ1n) is 3.90. The van der Waals surface area contributed by atoms with E-state index in [1.54, 1.807) is 11.0 Å². The number of halogens is 1. The van der Waals surface area contributed by atoms with Crippen LogP contribution in [0.2, 0.25) is 0 Å². The van der Waals surface area contributed by atoms with E-state index in [1.807, 2.05) is 24.3 Å². The molecule has 0 bridgehead atoms. The molecule has 3 nitrogen and oxygen atoms in total.